The number of pyridine rings is 1. The fourth-order valence-corrected chi connectivity index (χ4v) is 6.92. The first-order chi connectivity index (χ1) is 19.8. The highest BCUT2D eigenvalue weighted by atomic mass is 32.2. The molecule has 2 aliphatic rings. The molecule has 10 heteroatoms. The number of fused-ring (bicyclic) bond motifs is 3. The van der Waals surface area contributed by atoms with Gasteiger partial charge >= 0.3 is 0 Å². The van der Waals surface area contributed by atoms with Crippen LogP contribution in [0, 0.1) is 0 Å². The van der Waals surface area contributed by atoms with Gasteiger partial charge in [-0.15, -0.1) is 0 Å². The molecule has 0 saturated carbocycles. The van der Waals surface area contributed by atoms with E-state index in [1.165, 1.54) is 22.6 Å². The topological polar surface area (TPSA) is 107 Å². The molecule has 1 N–H and O–H groups in total. The first-order valence-electron chi connectivity index (χ1n) is 13.7. The van der Waals surface area contributed by atoms with Crippen LogP contribution in [0.25, 0.3) is 10.9 Å². The van der Waals surface area contributed by atoms with Crippen LogP contribution in [-0.2, 0) is 29.5 Å². The maximum Gasteiger partial charge on any atom is 0.257 e. The molecule has 0 aliphatic carbocycles. The van der Waals surface area contributed by atoms with Crippen LogP contribution in [0.5, 0.6) is 11.5 Å². The summed E-state index contributed by atoms with van der Waals surface area (Å²) in [6, 6.07) is 17.4. The molecule has 0 radical (unpaired) electrons. The van der Waals surface area contributed by atoms with Crippen LogP contribution in [0.1, 0.15) is 46.9 Å². The average Bonchev–Trinajstić information content (AvgIpc) is 3.00. The third-order valence-electron chi connectivity index (χ3n) is 7.78. The highest BCUT2D eigenvalue weighted by molar-refractivity contribution is 7.89. The van der Waals surface area contributed by atoms with E-state index in [0.29, 0.717) is 49.7 Å². The van der Waals surface area contributed by atoms with Crippen LogP contribution in [0.4, 0.5) is 0 Å². The summed E-state index contributed by atoms with van der Waals surface area (Å²) in [5.41, 5.74) is 2.92. The minimum absolute atomic E-state index is 0.0336. The number of aryl methyl sites for hydroxylation is 1. The maximum atomic E-state index is 13.6. The Morgan fingerprint density at radius 2 is 1.76 bits per heavy atom. The van der Waals surface area contributed by atoms with Gasteiger partial charge in [0.2, 0.25) is 15.5 Å². The predicted octanol–water partition coefficient (Wildman–Crippen LogP) is 4.03. The number of benzene rings is 3. The van der Waals surface area contributed by atoms with Crippen molar-refractivity contribution in [1.82, 2.24) is 14.2 Å². The largest absolute Gasteiger partial charge is 0.486 e. The molecule has 9 nitrogen and oxygen atoms in total. The molecule has 0 spiro atoms. The van der Waals surface area contributed by atoms with Gasteiger partial charge in [-0.25, -0.2) is 8.42 Å². The SMILES string of the molecule is CCn1cc(C(=O)NC(C)c2ccc3c(c2)OCCO3)c(=O)c2cc(S(=O)(=O)N3CCc4ccccc4C3)ccc21. The Hall–Kier alpha value is -4.15. The maximum absolute atomic E-state index is 13.6. The van der Waals surface area contributed by atoms with Crippen molar-refractivity contribution >= 4 is 26.8 Å². The molecule has 3 aromatic carbocycles. The molecule has 0 bridgehead atoms. The number of sulfonamides is 1. The van der Waals surface area contributed by atoms with E-state index in [9.17, 15) is 18.0 Å². The van der Waals surface area contributed by atoms with Gasteiger partial charge < -0.3 is 19.4 Å². The summed E-state index contributed by atoms with van der Waals surface area (Å²) in [4.78, 5) is 27.1. The standard InChI is InChI=1S/C31H31N3O6S/c1-3-33-19-26(31(36)32-20(2)22-8-11-28-29(16-22)40-15-14-39-28)30(35)25-17-24(9-10-27(25)33)41(37,38)34-13-12-21-6-4-5-7-23(21)18-34/h4-11,16-17,19-20H,3,12-15,18H2,1-2H3,(H,32,36). The zero-order chi connectivity index (χ0) is 28.7. The Kier molecular flexibility index (Phi) is 7.04. The monoisotopic (exact) mass is 573 g/mol. The van der Waals surface area contributed by atoms with Gasteiger partial charge in [0, 0.05) is 31.2 Å². The van der Waals surface area contributed by atoms with Gasteiger partial charge in [0.15, 0.2) is 11.5 Å². The zero-order valence-corrected chi connectivity index (χ0v) is 23.7. The van der Waals surface area contributed by atoms with Crippen molar-refractivity contribution in [2.24, 2.45) is 0 Å². The second kappa shape index (κ2) is 10.7. The van der Waals surface area contributed by atoms with Crippen LogP contribution in [0.15, 0.2) is 76.6 Å². The van der Waals surface area contributed by atoms with E-state index >= 15 is 0 Å². The first kappa shape index (κ1) is 27.0. The molecule has 1 atom stereocenters. The summed E-state index contributed by atoms with van der Waals surface area (Å²) < 4.78 is 41.8. The Bertz CT molecular complexity index is 1830. The van der Waals surface area contributed by atoms with Crippen LogP contribution in [0.2, 0.25) is 0 Å². The summed E-state index contributed by atoms with van der Waals surface area (Å²) in [7, 11) is -3.87. The van der Waals surface area contributed by atoms with Crippen LogP contribution >= 0.6 is 0 Å². The lowest BCUT2D eigenvalue weighted by Gasteiger charge is -2.28. The number of carbonyl (C=O) groups is 1. The van der Waals surface area contributed by atoms with Gasteiger partial charge in [0.05, 0.1) is 16.5 Å². The minimum Gasteiger partial charge on any atom is -0.486 e. The quantitative estimate of drug-likeness (QED) is 0.373. The van der Waals surface area contributed by atoms with Crippen LogP contribution < -0.4 is 20.2 Å². The molecule has 4 aromatic rings. The van der Waals surface area contributed by atoms with Crippen molar-refractivity contribution in [3.63, 3.8) is 0 Å². The van der Waals surface area contributed by atoms with Gasteiger partial charge in [0.1, 0.15) is 18.8 Å². The van der Waals surface area contributed by atoms with Crippen molar-refractivity contribution in [2.45, 2.75) is 44.3 Å². The first-order valence-corrected chi connectivity index (χ1v) is 15.1. The normalized spacial score (nSPS) is 15.8. The number of hydrogen-bond donors (Lipinski definition) is 1. The van der Waals surface area contributed by atoms with Crippen molar-refractivity contribution in [1.29, 1.82) is 0 Å². The van der Waals surface area contributed by atoms with E-state index in [1.807, 2.05) is 50.2 Å². The van der Waals surface area contributed by atoms with Gasteiger partial charge in [-0.1, -0.05) is 30.3 Å². The van der Waals surface area contributed by atoms with Crippen molar-refractivity contribution in [3.05, 3.63) is 99.3 Å². The molecule has 1 unspecified atom stereocenters. The Labute approximate surface area is 238 Å². The van der Waals surface area contributed by atoms with Crippen LogP contribution in [0.3, 0.4) is 0 Å². The molecule has 1 aromatic heterocycles. The summed E-state index contributed by atoms with van der Waals surface area (Å²) in [6.45, 7) is 5.78. The number of hydrogen-bond acceptors (Lipinski definition) is 6. The molecule has 41 heavy (non-hydrogen) atoms. The molecule has 0 fully saturated rings. The smallest absolute Gasteiger partial charge is 0.257 e. The average molecular weight is 574 g/mol. The summed E-state index contributed by atoms with van der Waals surface area (Å²) in [5.74, 6) is 0.723. The van der Waals surface area contributed by atoms with Crippen molar-refractivity contribution < 1.29 is 22.7 Å². The summed E-state index contributed by atoms with van der Waals surface area (Å²) >= 11 is 0. The molecule has 0 saturated heterocycles. The number of nitrogens with zero attached hydrogens (tertiary/aromatic N) is 2. The lowest BCUT2D eigenvalue weighted by atomic mass is 10.0. The zero-order valence-electron chi connectivity index (χ0n) is 22.9. The number of nitrogens with one attached hydrogen (secondary N) is 1. The van der Waals surface area contributed by atoms with Gasteiger partial charge in [-0.2, -0.15) is 4.31 Å². The third-order valence-corrected chi connectivity index (χ3v) is 9.63. The number of carbonyl (C=O) groups excluding carboxylic acids is 1. The number of amides is 1. The van der Waals surface area contributed by atoms with Gasteiger partial charge in [-0.3, -0.25) is 9.59 Å². The van der Waals surface area contributed by atoms with E-state index < -0.39 is 27.4 Å². The van der Waals surface area contributed by atoms with E-state index in [2.05, 4.69) is 5.32 Å². The number of ether oxygens (including phenoxy) is 2. The molecule has 2 aliphatic heterocycles. The molecule has 212 valence electrons. The molecule has 3 heterocycles. The van der Waals surface area contributed by atoms with E-state index in [-0.39, 0.29) is 22.4 Å². The Morgan fingerprint density at radius 3 is 2.54 bits per heavy atom. The summed E-state index contributed by atoms with van der Waals surface area (Å²) in [6.07, 6.45) is 2.16. The Balaban J connectivity index is 1.32. The third kappa shape index (κ3) is 4.98. The lowest BCUT2D eigenvalue weighted by Crippen LogP contribution is -2.36. The molecule has 1 amide bonds. The molecular weight excluding hydrogens is 542 g/mol. The Morgan fingerprint density at radius 1 is 1.00 bits per heavy atom. The van der Waals surface area contributed by atoms with E-state index in [0.717, 1.165) is 16.7 Å². The van der Waals surface area contributed by atoms with Crippen molar-refractivity contribution in [3.8, 4) is 11.5 Å². The number of aromatic nitrogens is 1. The summed E-state index contributed by atoms with van der Waals surface area (Å²) in [5, 5.41) is 3.09. The molecule has 6 rings (SSSR count). The predicted molar refractivity (Wildman–Crippen MR) is 155 cm³/mol. The number of rotatable bonds is 6. The molecular formula is C31H31N3O6S. The van der Waals surface area contributed by atoms with Gasteiger partial charge in [-0.05, 0) is 67.3 Å². The highest BCUT2D eigenvalue weighted by Crippen LogP contribution is 2.33. The lowest BCUT2D eigenvalue weighted by molar-refractivity contribution is 0.0938. The van der Waals surface area contributed by atoms with E-state index in [1.54, 1.807) is 16.7 Å². The minimum atomic E-state index is -3.87. The fourth-order valence-electron chi connectivity index (χ4n) is 5.47. The second-order valence-electron chi connectivity index (χ2n) is 10.3. The fraction of sp³-hybridized carbons (Fsp3) is 0.290. The van der Waals surface area contributed by atoms with Gasteiger partial charge in [0.25, 0.3) is 5.91 Å². The van der Waals surface area contributed by atoms with E-state index in [4.69, 9.17) is 9.47 Å². The second-order valence-corrected chi connectivity index (χ2v) is 12.2. The highest BCUT2D eigenvalue weighted by Gasteiger charge is 2.29. The van der Waals surface area contributed by atoms with Crippen LogP contribution in [-0.4, -0.2) is 43.0 Å². The van der Waals surface area contributed by atoms with Crippen molar-refractivity contribution in [2.75, 3.05) is 19.8 Å².